The predicted molar refractivity (Wildman–Crippen MR) is 66.9 cm³/mol. The van der Waals surface area contributed by atoms with Crippen molar-refractivity contribution in [3.8, 4) is 0 Å². The number of rotatable bonds is 5. The van der Waals surface area contributed by atoms with Gasteiger partial charge in [0.2, 0.25) is 5.95 Å². The fraction of sp³-hybridized carbons (Fsp3) is 0.500. The largest absolute Gasteiger partial charge is 0.395 e. The van der Waals surface area contributed by atoms with Crippen LogP contribution in [-0.2, 0) is 0 Å². The van der Waals surface area contributed by atoms with E-state index in [0.717, 1.165) is 24.0 Å². The lowest BCUT2D eigenvalue weighted by atomic mass is 10.3. The summed E-state index contributed by atoms with van der Waals surface area (Å²) in [6, 6.07) is 0.441. The van der Waals surface area contributed by atoms with Gasteiger partial charge in [-0.05, 0) is 12.8 Å². The molecule has 3 rings (SSSR count). The number of fused-ring (bicyclic) bond motifs is 1. The second kappa shape index (κ2) is 4.39. The molecule has 0 aliphatic heterocycles. The third-order valence-electron chi connectivity index (χ3n) is 3.02. The molecule has 0 unspecified atom stereocenters. The fourth-order valence-corrected chi connectivity index (χ4v) is 2.06. The summed E-state index contributed by atoms with van der Waals surface area (Å²) in [6.45, 7) is 0.636. The van der Waals surface area contributed by atoms with Gasteiger partial charge in [-0.25, -0.2) is 5.84 Å². The number of hydrogen-bond donors (Lipinski definition) is 4. The molecule has 0 bridgehead atoms. The Morgan fingerprint density at radius 1 is 1.50 bits per heavy atom. The number of anilines is 2. The number of aromatic nitrogens is 4. The number of H-pyrrole nitrogens is 1. The van der Waals surface area contributed by atoms with E-state index in [-0.39, 0.29) is 6.61 Å². The Bertz CT molecular complexity index is 550. The average molecular weight is 249 g/mol. The van der Waals surface area contributed by atoms with Crippen molar-refractivity contribution < 1.29 is 5.11 Å². The van der Waals surface area contributed by atoms with Gasteiger partial charge < -0.3 is 10.0 Å². The van der Waals surface area contributed by atoms with Crippen molar-refractivity contribution in [2.24, 2.45) is 5.84 Å². The highest BCUT2D eigenvalue weighted by Crippen LogP contribution is 2.33. The van der Waals surface area contributed by atoms with E-state index in [4.69, 9.17) is 5.84 Å². The molecule has 2 aromatic rings. The SMILES string of the molecule is NNc1nc(N(CCO)C2CC2)c2cn[nH]c2n1. The Labute approximate surface area is 103 Å². The zero-order valence-corrected chi connectivity index (χ0v) is 9.80. The molecule has 18 heavy (non-hydrogen) atoms. The Hall–Kier alpha value is -1.93. The fourth-order valence-electron chi connectivity index (χ4n) is 2.06. The Balaban J connectivity index is 2.09. The molecule has 0 radical (unpaired) electrons. The van der Waals surface area contributed by atoms with E-state index in [1.165, 1.54) is 0 Å². The first-order valence-electron chi connectivity index (χ1n) is 5.88. The lowest BCUT2D eigenvalue weighted by Gasteiger charge is -2.23. The van der Waals surface area contributed by atoms with Crippen LogP contribution < -0.4 is 16.2 Å². The molecule has 1 aliphatic rings. The highest BCUT2D eigenvalue weighted by atomic mass is 16.3. The first kappa shape index (κ1) is 11.2. The van der Waals surface area contributed by atoms with Crippen LogP contribution in [-0.4, -0.2) is 44.5 Å². The normalized spacial score (nSPS) is 15.0. The van der Waals surface area contributed by atoms with E-state index < -0.39 is 0 Å². The summed E-state index contributed by atoms with van der Waals surface area (Å²) >= 11 is 0. The third kappa shape index (κ3) is 1.85. The van der Waals surface area contributed by atoms with Crippen LogP contribution in [0.1, 0.15) is 12.8 Å². The van der Waals surface area contributed by atoms with Crippen LogP contribution in [0.5, 0.6) is 0 Å². The van der Waals surface area contributed by atoms with E-state index in [9.17, 15) is 5.11 Å². The molecule has 8 nitrogen and oxygen atoms in total. The summed E-state index contributed by atoms with van der Waals surface area (Å²) in [6.07, 6.45) is 3.93. The first-order chi connectivity index (χ1) is 8.83. The summed E-state index contributed by atoms with van der Waals surface area (Å²) in [5.41, 5.74) is 3.08. The number of aliphatic hydroxyl groups excluding tert-OH is 1. The number of nitrogens with two attached hydrogens (primary N) is 1. The monoisotopic (exact) mass is 249 g/mol. The molecule has 0 saturated heterocycles. The van der Waals surface area contributed by atoms with Crippen LogP contribution in [0, 0.1) is 0 Å². The number of aromatic amines is 1. The van der Waals surface area contributed by atoms with Gasteiger partial charge in [-0.3, -0.25) is 10.5 Å². The van der Waals surface area contributed by atoms with Gasteiger partial charge >= 0.3 is 0 Å². The zero-order chi connectivity index (χ0) is 12.5. The molecule has 0 atom stereocenters. The van der Waals surface area contributed by atoms with Gasteiger partial charge in [-0.1, -0.05) is 0 Å². The van der Waals surface area contributed by atoms with Gasteiger partial charge in [-0.15, -0.1) is 0 Å². The summed E-state index contributed by atoms with van der Waals surface area (Å²) in [5.74, 6) is 6.47. The molecule has 2 aromatic heterocycles. The summed E-state index contributed by atoms with van der Waals surface area (Å²) in [7, 11) is 0. The summed E-state index contributed by atoms with van der Waals surface area (Å²) < 4.78 is 0. The number of aliphatic hydroxyl groups is 1. The van der Waals surface area contributed by atoms with Crippen LogP contribution >= 0.6 is 0 Å². The highest BCUT2D eigenvalue weighted by Gasteiger charge is 2.31. The minimum absolute atomic E-state index is 0.0885. The van der Waals surface area contributed by atoms with Crippen molar-refractivity contribution in [2.45, 2.75) is 18.9 Å². The molecule has 0 amide bonds. The molecule has 5 N–H and O–H groups in total. The van der Waals surface area contributed by atoms with Crippen LogP contribution in [0.3, 0.4) is 0 Å². The smallest absolute Gasteiger partial charge is 0.241 e. The lowest BCUT2D eigenvalue weighted by molar-refractivity contribution is 0.301. The molecule has 96 valence electrons. The van der Waals surface area contributed by atoms with E-state index in [2.05, 4.69) is 30.5 Å². The van der Waals surface area contributed by atoms with Crippen LogP contribution in [0.2, 0.25) is 0 Å². The standard InChI is InChI=1S/C10H15N7O/c11-15-10-13-8-7(5-12-16-8)9(14-10)17(3-4-18)6-1-2-6/h5-6,18H,1-4,11H2,(H2,12,13,14,15,16). The van der Waals surface area contributed by atoms with E-state index in [1.54, 1.807) is 6.20 Å². The second-order valence-electron chi connectivity index (χ2n) is 4.30. The van der Waals surface area contributed by atoms with Gasteiger partial charge in [0.25, 0.3) is 0 Å². The van der Waals surface area contributed by atoms with Crippen molar-refractivity contribution in [1.29, 1.82) is 0 Å². The van der Waals surface area contributed by atoms with Gasteiger partial charge in [0.1, 0.15) is 5.82 Å². The maximum absolute atomic E-state index is 9.18. The lowest BCUT2D eigenvalue weighted by Crippen LogP contribution is -2.30. The average Bonchev–Trinajstić information content (AvgIpc) is 3.12. The second-order valence-corrected chi connectivity index (χ2v) is 4.30. The molecule has 1 aliphatic carbocycles. The van der Waals surface area contributed by atoms with Crippen LogP contribution in [0.4, 0.5) is 11.8 Å². The Kier molecular flexibility index (Phi) is 2.73. The maximum atomic E-state index is 9.18. The van der Waals surface area contributed by atoms with Gasteiger partial charge in [0, 0.05) is 12.6 Å². The van der Waals surface area contributed by atoms with Crippen molar-refractivity contribution in [3.63, 3.8) is 0 Å². The Morgan fingerprint density at radius 2 is 2.33 bits per heavy atom. The van der Waals surface area contributed by atoms with Crippen LogP contribution in [0.25, 0.3) is 11.0 Å². The molecular formula is C10H15N7O. The number of hydrogen-bond acceptors (Lipinski definition) is 7. The minimum Gasteiger partial charge on any atom is -0.395 e. The first-order valence-corrected chi connectivity index (χ1v) is 5.88. The maximum Gasteiger partial charge on any atom is 0.241 e. The number of nitrogen functional groups attached to an aromatic ring is 1. The number of nitrogens with zero attached hydrogens (tertiary/aromatic N) is 4. The van der Waals surface area contributed by atoms with E-state index in [0.29, 0.717) is 24.2 Å². The van der Waals surface area contributed by atoms with Gasteiger partial charge in [0.05, 0.1) is 18.2 Å². The zero-order valence-electron chi connectivity index (χ0n) is 9.80. The van der Waals surface area contributed by atoms with E-state index in [1.807, 2.05) is 0 Å². The molecule has 1 saturated carbocycles. The molecule has 0 aromatic carbocycles. The Morgan fingerprint density at radius 3 is 3.00 bits per heavy atom. The van der Waals surface area contributed by atoms with Crippen molar-refractivity contribution >= 4 is 22.8 Å². The molecular weight excluding hydrogens is 234 g/mol. The molecule has 0 spiro atoms. The topological polar surface area (TPSA) is 116 Å². The third-order valence-corrected chi connectivity index (χ3v) is 3.02. The van der Waals surface area contributed by atoms with Crippen molar-refractivity contribution in [3.05, 3.63) is 6.20 Å². The number of hydrazine groups is 1. The summed E-state index contributed by atoms with van der Waals surface area (Å²) in [5, 5.41) is 16.8. The highest BCUT2D eigenvalue weighted by molar-refractivity contribution is 5.87. The minimum atomic E-state index is 0.0885. The molecule has 1 fully saturated rings. The predicted octanol–water partition coefficient (Wildman–Crippen LogP) is -0.400. The molecule has 8 heteroatoms. The van der Waals surface area contributed by atoms with Crippen molar-refractivity contribution in [2.75, 3.05) is 23.5 Å². The van der Waals surface area contributed by atoms with Crippen LogP contribution in [0.15, 0.2) is 6.20 Å². The van der Waals surface area contributed by atoms with Gasteiger partial charge in [-0.2, -0.15) is 15.1 Å². The van der Waals surface area contributed by atoms with Crippen molar-refractivity contribution in [1.82, 2.24) is 20.2 Å². The summed E-state index contributed by atoms with van der Waals surface area (Å²) in [4.78, 5) is 10.6. The van der Waals surface area contributed by atoms with Gasteiger partial charge in [0.15, 0.2) is 5.65 Å². The number of nitrogens with one attached hydrogen (secondary N) is 2. The molecule has 2 heterocycles. The quantitative estimate of drug-likeness (QED) is 0.421. The van der Waals surface area contributed by atoms with E-state index >= 15 is 0 Å².